The molecule has 5 nitrogen and oxygen atoms in total. The molecule has 0 radical (unpaired) electrons. The lowest BCUT2D eigenvalue weighted by molar-refractivity contribution is -0.109. The third kappa shape index (κ3) is 4.18. The van der Waals surface area contributed by atoms with Gasteiger partial charge in [-0.3, -0.25) is 4.79 Å². The van der Waals surface area contributed by atoms with Crippen LogP contribution >= 0.6 is 0 Å². The Balaban J connectivity index is 1.74. The van der Waals surface area contributed by atoms with Crippen molar-refractivity contribution in [3.05, 3.63) is 59.4 Å². The summed E-state index contributed by atoms with van der Waals surface area (Å²) in [5.74, 6) is 1.85. The molecular formula is C20H23N3O2. The number of rotatable bonds is 8. The van der Waals surface area contributed by atoms with Gasteiger partial charge in [0.25, 0.3) is 0 Å². The number of carbonyl (C=O) groups excluding carboxylic acids is 1. The second kappa shape index (κ2) is 7.83. The van der Waals surface area contributed by atoms with E-state index >= 15 is 0 Å². The number of hydrogen-bond acceptors (Lipinski definition) is 3. The van der Waals surface area contributed by atoms with Crippen LogP contribution in [-0.2, 0) is 17.8 Å². The molecule has 0 bridgehead atoms. The Kier molecular flexibility index (Phi) is 5.33. The zero-order valence-corrected chi connectivity index (χ0v) is 14.7. The summed E-state index contributed by atoms with van der Waals surface area (Å²) in [6.45, 7) is 5.99. The Hall–Kier alpha value is -2.82. The van der Waals surface area contributed by atoms with Crippen LogP contribution in [0.3, 0.4) is 0 Å². The van der Waals surface area contributed by atoms with Gasteiger partial charge in [-0.1, -0.05) is 18.2 Å². The van der Waals surface area contributed by atoms with E-state index in [0.717, 1.165) is 29.0 Å². The molecule has 5 heteroatoms. The van der Waals surface area contributed by atoms with E-state index in [2.05, 4.69) is 40.8 Å². The molecule has 25 heavy (non-hydrogen) atoms. The molecule has 0 spiro atoms. The monoisotopic (exact) mass is 337 g/mol. The maximum Gasteiger partial charge on any atom is 0.207 e. The molecule has 1 N–H and O–H groups in total. The van der Waals surface area contributed by atoms with Crippen molar-refractivity contribution >= 4 is 17.4 Å². The van der Waals surface area contributed by atoms with Gasteiger partial charge in [0.05, 0.1) is 17.6 Å². The summed E-state index contributed by atoms with van der Waals surface area (Å²) in [7, 11) is 0. The smallest absolute Gasteiger partial charge is 0.207 e. The van der Waals surface area contributed by atoms with E-state index in [1.807, 2.05) is 30.3 Å². The lowest BCUT2D eigenvalue weighted by Gasteiger charge is -2.12. The number of hydrogen-bond donors (Lipinski definition) is 1. The van der Waals surface area contributed by atoms with Crippen molar-refractivity contribution in [3.63, 3.8) is 0 Å². The van der Waals surface area contributed by atoms with Crippen molar-refractivity contribution < 1.29 is 9.53 Å². The molecule has 3 rings (SSSR count). The number of carbonyl (C=O) groups is 1. The molecule has 2 aromatic carbocycles. The number of nitrogens with zero attached hydrogens (tertiary/aromatic N) is 2. The highest BCUT2D eigenvalue weighted by Crippen LogP contribution is 2.18. The van der Waals surface area contributed by atoms with Gasteiger partial charge in [0.2, 0.25) is 6.41 Å². The van der Waals surface area contributed by atoms with Crippen LogP contribution in [-0.4, -0.2) is 29.1 Å². The summed E-state index contributed by atoms with van der Waals surface area (Å²) in [6, 6.07) is 14.3. The van der Waals surface area contributed by atoms with Crippen LogP contribution in [0.5, 0.6) is 5.75 Å². The number of para-hydroxylation sites is 2. The normalized spacial score (nSPS) is 10.8. The second-order valence-corrected chi connectivity index (χ2v) is 6.16. The van der Waals surface area contributed by atoms with Crippen molar-refractivity contribution in [2.45, 2.75) is 26.8 Å². The summed E-state index contributed by atoms with van der Waals surface area (Å²) >= 11 is 0. The summed E-state index contributed by atoms with van der Waals surface area (Å²) in [5, 5.41) is 2.70. The molecule has 0 aliphatic heterocycles. The number of benzene rings is 2. The van der Waals surface area contributed by atoms with Gasteiger partial charge in [0.1, 0.15) is 18.2 Å². The highest BCUT2D eigenvalue weighted by molar-refractivity contribution is 5.75. The average molecular weight is 337 g/mol. The maximum absolute atomic E-state index is 10.5. The molecule has 1 heterocycles. The molecule has 0 saturated heterocycles. The Bertz CT molecular complexity index is 850. The van der Waals surface area contributed by atoms with E-state index in [4.69, 9.17) is 4.74 Å². The van der Waals surface area contributed by atoms with Gasteiger partial charge in [-0.2, -0.15) is 0 Å². The van der Waals surface area contributed by atoms with E-state index in [0.29, 0.717) is 26.1 Å². The lowest BCUT2D eigenvalue weighted by Crippen LogP contribution is -2.18. The van der Waals surface area contributed by atoms with E-state index in [1.54, 1.807) is 0 Å². The number of nitrogens with one attached hydrogen (secondary N) is 1. The van der Waals surface area contributed by atoms with Crippen molar-refractivity contribution in [1.82, 2.24) is 14.9 Å². The SMILES string of the molecule is Cc1cc(C)cc(OCCn2c(CCNC=O)nc3ccccc32)c1. The Morgan fingerprint density at radius 1 is 1.16 bits per heavy atom. The summed E-state index contributed by atoms with van der Waals surface area (Å²) in [4.78, 5) is 15.2. The van der Waals surface area contributed by atoms with Crippen molar-refractivity contribution in [2.24, 2.45) is 0 Å². The minimum atomic E-state index is 0.567. The van der Waals surface area contributed by atoms with Crippen LogP contribution in [0.25, 0.3) is 11.0 Å². The number of amides is 1. The van der Waals surface area contributed by atoms with Crippen LogP contribution in [0.1, 0.15) is 17.0 Å². The largest absolute Gasteiger partial charge is 0.492 e. The number of ether oxygens (including phenoxy) is 1. The summed E-state index contributed by atoms with van der Waals surface area (Å²) < 4.78 is 8.12. The van der Waals surface area contributed by atoms with Gasteiger partial charge in [-0.05, 0) is 49.2 Å². The molecule has 1 aromatic heterocycles. The van der Waals surface area contributed by atoms with E-state index in [9.17, 15) is 4.79 Å². The minimum Gasteiger partial charge on any atom is -0.492 e. The third-order valence-electron chi connectivity index (χ3n) is 4.09. The Morgan fingerprint density at radius 2 is 1.92 bits per heavy atom. The lowest BCUT2D eigenvalue weighted by atomic mass is 10.1. The van der Waals surface area contributed by atoms with Gasteiger partial charge < -0.3 is 14.6 Å². The molecule has 0 unspecified atom stereocenters. The third-order valence-corrected chi connectivity index (χ3v) is 4.09. The highest BCUT2D eigenvalue weighted by atomic mass is 16.5. The Labute approximate surface area is 147 Å². The molecule has 1 amide bonds. The first-order chi connectivity index (χ1) is 12.2. The average Bonchev–Trinajstić information content (AvgIpc) is 2.92. The first-order valence-corrected chi connectivity index (χ1v) is 8.49. The van der Waals surface area contributed by atoms with Crippen LogP contribution < -0.4 is 10.1 Å². The number of fused-ring (bicyclic) bond motifs is 1. The Morgan fingerprint density at radius 3 is 2.68 bits per heavy atom. The number of aromatic nitrogens is 2. The topological polar surface area (TPSA) is 56.1 Å². The zero-order valence-electron chi connectivity index (χ0n) is 14.7. The molecule has 0 atom stereocenters. The predicted octanol–water partition coefficient (Wildman–Crippen LogP) is 3.02. The van der Waals surface area contributed by atoms with Crippen molar-refractivity contribution in [2.75, 3.05) is 13.2 Å². The van der Waals surface area contributed by atoms with E-state index in [1.165, 1.54) is 11.1 Å². The van der Waals surface area contributed by atoms with E-state index < -0.39 is 0 Å². The molecule has 0 aliphatic rings. The molecule has 130 valence electrons. The molecule has 0 fully saturated rings. The molecule has 0 saturated carbocycles. The predicted molar refractivity (Wildman–Crippen MR) is 98.9 cm³/mol. The van der Waals surface area contributed by atoms with Crippen LogP contribution in [0.2, 0.25) is 0 Å². The van der Waals surface area contributed by atoms with Gasteiger partial charge in [-0.25, -0.2) is 4.98 Å². The number of imidazole rings is 1. The highest BCUT2D eigenvalue weighted by Gasteiger charge is 2.10. The summed E-state index contributed by atoms with van der Waals surface area (Å²) in [5.41, 5.74) is 4.45. The van der Waals surface area contributed by atoms with Crippen molar-refractivity contribution in [1.29, 1.82) is 0 Å². The fourth-order valence-corrected chi connectivity index (χ4v) is 3.08. The fourth-order valence-electron chi connectivity index (χ4n) is 3.08. The first-order valence-electron chi connectivity index (χ1n) is 8.49. The van der Waals surface area contributed by atoms with Crippen LogP contribution in [0.4, 0.5) is 0 Å². The zero-order chi connectivity index (χ0) is 17.6. The van der Waals surface area contributed by atoms with Gasteiger partial charge in [0, 0.05) is 13.0 Å². The quantitative estimate of drug-likeness (QED) is 0.508. The van der Waals surface area contributed by atoms with Crippen LogP contribution in [0.15, 0.2) is 42.5 Å². The second-order valence-electron chi connectivity index (χ2n) is 6.16. The maximum atomic E-state index is 10.5. The minimum absolute atomic E-state index is 0.567. The molecule has 3 aromatic rings. The van der Waals surface area contributed by atoms with Gasteiger partial charge in [0.15, 0.2) is 0 Å². The number of aryl methyl sites for hydroxylation is 2. The summed E-state index contributed by atoms with van der Waals surface area (Å²) in [6.07, 6.45) is 1.41. The molecular weight excluding hydrogens is 314 g/mol. The fraction of sp³-hybridized carbons (Fsp3) is 0.300. The van der Waals surface area contributed by atoms with E-state index in [-0.39, 0.29) is 0 Å². The van der Waals surface area contributed by atoms with Gasteiger partial charge >= 0.3 is 0 Å². The molecule has 0 aliphatic carbocycles. The first kappa shape index (κ1) is 17.0. The van der Waals surface area contributed by atoms with Crippen LogP contribution in [0, 0.1) is 13.8 Å². The van der Waals surface area contributed by atoms with Gasteiger partial charge in [-0.15, -0.1) is 0 Å². The van der Waals surface area contributed by atoms with Crippen molar-refractivity contribution in [3.8, 4) is 5.75 Å². The standard InChI is InChI=1S/C20H23N3O2/c1-15-11-16(2)13-17(12-15)25-10-9-23-19-6-4-3-5-18(19)22-20(23)7-8-21-14-24/h3-6,11-14H,7-10H2,1-2H3,(H,21,24).